The van der Waals surface area contributed by atoms with Gasteiger partial charge in [-0.2, -0.15) is 5.06 Å². The van der Waals surface area contributed by atoms with E-state index in [-0.39, 0.29) is 12.3 Å². The lowest BCUT2D eigenvalue weighted by molar-refractivity contribution is -0.155. The number of ether oxygens (including phenoxy) is 1. The fourth-order valence-electron chi connectivity index (χ4n) is 1.79. The lowest BCUT2D eigenvalue weighted by Crippen LogP contribution is -2.33. The van der Waals surface area contributed by atoms with Crippen molar-refractivity contribution in [3.8, 4) is 11.5 Å². The smallest absolute Gasteiger partial charge is 0.303 e. The fraction of sp³-hybridized carbons (Fsp3) is 0.467. The number of para-hydroxylation sites is 2. The normalized spacial score (nSPS) is 10.0. The van der Waals surface area contributed by atoms with Crippen LogP contribution in [-0.4, -0.2) is 35.7 Å². The highest BCUT2D eigenvalue weighted by molar-refractivity contribution is 5.72. The molecule has 0 heterocycles. The molecular weight excluding hydrogens is 274 g/mol. The summed E-state index contributed by atoms with van der Waals surface area (Å²) in [5.41, 5.74) is 0. The zero-order chi connectivity index (χ0) is 15.7. The fourth-order valence-corrected chi connectivity index (χ4v) is 1.79. The van der Waals surface area contributed by atoms with E-state index in [9.17, 15) is 9.59 Å². The van der Waals surface area contributed by atoms with Crippen molar-refractivity contribution in [3.05, 3.63) is 24.3 Å². The number of carboxylic acid groups (broad SMARTS) is 1. The van der Waals surface area contributed by atoms with Gasteiger partial charge in [-0.25, -0.2) is 0 Å². The topological polar surface area (TPSA) is 76.1 Å². The maximum atomic E-state index is 11.6. The van der Waals surface area contributed by atoms with Crippen molar-refractivity contribution in [1.29, 1.82) is 0 Å². The zero-order valence-electron chi connectivity index (χ0n) is 12.4. The summed E-state index contributed by atoms with van der Waals surface area (Å²) in [7, 11) is 1.53. The molecule has 6 nitrogen and oxygen atoms in total. The second-order valence-electron chi connectivity index (χ2n) is 4.57. The standard InChI is InChI=1S/C15H21NO5/c1-12(17)16(11-7-3-4-10-15(18)19)21-14-9-6-5-8-13(14)20-2/h5-6,8-9H,3-4,7,10-11H2,1-2H3,(H,18,19). The van der Waals surface area contributed by atoms with Gasteiger partial charge in [0.15, 0.2) is 11.5 Å². The average Bonchev–Trinajstić information content (AvgIpc) is 2.45. The second kappa shape index (κ2) is 8.84. The zero-order valence-corrected chi connectivity index (χ0v) is 12.4. The predicted molar refractivity (Wildman–Crippen MR) is 77.1 cm³/mol. The molecule has 0 fully saturated rings. The summed E-state index contributed by atoms with van der Waals surface area (Å²) in [6, 6.07) is 7.08. The van der Waals surface area contributed by atoms with E-state index in [0.717, 1.165) is 6.42 Å². The third-order valence-electron chi connectivity index (χ3n) is 2.88. The Balaban J connectivity index is 2.50. The highest BCUT2D eigenvalue weighted by Crippen LogP contribution is 2.26. The molecule has 0 aliphatic carbocycles. The van der Waals surface area contributed by atoms with Crippen molar-refractivity contribution in [2.75, 3.05) is 13.7 Å². The number of carbonyl (C=O) groups excluding carboxylic acids is 1. The Morgan fingerprint density at radius 2 is 1.81 bits per heavy atom. The van der Waals surface area contributed by atoms with Gasteiger partial charge >= 0.3 is 5.97 Å². The minimum atomic E-state index is -0.802. The van der Waals surface area contributed by atoms with Gasteiger partial charge in [-0.1, -0.05) is 18.6 Å². The quantitative estimate of drug-likeness (QED) is 0.559. The van der Waals surface area contributed by atoms with Crippen molar-refractivity contribution in [3.63, 3.8) is 0 Å². The first-order valence-corrected chi connectivity index (χ1v) is 6.85. The number of nitrogens with zero attached hydrogens (tertiary/aromatic N) is 1. The summed E-state index contributed by atoms with van der Waals surface area (Å²) in [6.07, 6.45) is 2.15. The van der Waals surface area contributed by atoms with Crippen LogP contribution in [0.2, 0.25) is 0 Å². The number of hydrogen-bond donors (Lipinski definition) is 1. The van der Waals surface area contributed by atoms with Crippen molar-refractivity contribution < 1.29 is 24.3 Å². The van der Waals surface area contributed by atoms with Crippen LogP contribution >= 0.6 is 0 Å². The van der Waals surface area contributed by atoms with E-state index in [4.69, 9.17) is 14.7 Å². The van der Waals surface area contributed by atoms with Crippen molar-refractivity contribution in [1.82, 2.24) is 5.06 Å². The number of methoxy groups -OCH3 is 1. The van der Waals surface area contributed by atoms with E-state index in [1.807, 2.05) is 6.07 Å². The number of benzene rings is 1. The van der Waals surface area contributed by atoms with E-state index in [1.165, 1.54) is 19.1 Å². The van der Waals surface area contributed by atoms with Crippen molar-refractivity contribution in [2.45, 2.75) is 32.6 Å². The van der Waals surface area contributed by atoms with Crippen LogP contribution in [0.15, 0.2) is 24.3 Å². The third kappa shape index (κ3) is 6.16. The highest BCUT2D eigenvalue weighted by Gasteiger charge is 2.13. The summed E-state index contributed by atoms with van der Waals surface area (Å²) in [5, 5.41) is 9.82. The molecule has 1 aromatic carbocycles. The van der Waals surface area contributed by atoms with E-state index >= 15 is 0 Å². The number of rotatable bonds is 9. The Bertz CT molecular complexity index is 475. The van der Waals surface area contributed by atoms with Gasteiger partial charge in [-0.15, -0.1) is 0 Å². The Morgan fingerprint density at radius 1 is 1.14 bits per heavy atom. The molecule has 0 saturated carbocycles. The molecule has 1 N–H and O–H groups in total. The maximum absolute atomic E-state index is 11.6. The first-order chi connectivity index (χ1) is 10.0. The third-order valence-corrected chi connectivity index (χ3v) is 2.88. The minimum absolute atomic E-state index is 0.146. The SMILES string of the molecule is COc1ccccc1ON(CCCCCC(=O)O)C(C)=O. The van der Waals surface area contributed by atoms with Crippen molar-refractivity contribution >= 4 is 11.9 Å². The van der Waals surface area contributed by atoms with Gasteiger partial charge in [-0.3, -0.25) is 9.59 Å². The minimum Gasteiger partial charge on any atom is -0.493 e. The summed E-state index contributed by atoms with van der Waals surface area (Å²) < 4.78 is 5.17. The molecule has 6 heteroatoms. The van der Waals surface area contributed by atoms with Crippen LogP contribution in [0.25, 0.3) is 0 Å². The summed E-state index contributed by atoms with van der Waals surface area (Å²) in [5.74, 6) is 0.0122. The van der Waals surface area contributed by atoms with Gasteiger partial charge in [0.2, 0.25) is 0 Å². The molecule has 0 aliphatic heterocycles. The molecule has 0 radical (unpaired) electrons. The van der Waals surface area contributed by atoms with Gasteiger partial charge in [0.05, 0.1) is 13.7 Å². The molecule has 0 unspecified atom stereocenters. The Labute approximate surface area is 124 Å². The summed E-state index contributed by atoms with van der Waals surface area (Å²) >= 11 is 0. The monoisotopic (exact) mass is 295 g/mol. The first-order valence-electron chi connectivity index (χ1n) is 6.85. The average molecular weight is 295 g/mol. The lowest BCUT2D eigenvalue weighted by Gasteiger charge is -2.22. The van der Waals surface area contributed by atoms with Gasteiger partial charge < -0.3 is 14.7 Å². The van der Waals surface area contributed by atoms with Crippen LogP contribution in [0, 0.1) is 0 Å². The number of hydrogen-bond acceptors (Lipinski definition) is 4. The van der Waals surface area contributed by atoms with Crippen molar-refractivity contribution in [2.24, 2.45) is 0 Å². The van der Waals surface area contributed by atoms with E-state index in [2.05, 4.69) is 0 Å². The molecule has 0 aromatic heterocycles. The summed E-state index contributed by atoms with van der Waals surface area (Å²) in [4.78, 5) is 27.6. The van der Waals surface area contributed by atoms with Gasteiger partial charge in [0.1, 0.15) is 0 Å². The number of carbonyl (C=O) groups is 2. The lowest BCUT2D eigenvalue weighted by atomic mass is 10.2. The molecule has 0 spiro atoms. The maximum Gasteiger partial charge on any atom is 0.303 e. The highest BCUT2D eigenvalue weighted by atomic mass is 16.7. The Kier molecular flexibility index (Phi) is 7.08. The summed E-state index contributed by atoms with van der Waals surface area (Å²) in [6.45, 7) is 1.83. The molecule has 1 aromatic rings. The predicted octanol–water partition coefficient (Wildman–Crippen LogP) is 2.48. The van der Waals surface area contributed by atoms with Gasteiger partial charge in [0.25, 0.3) is 5.91 Å². The van der Waals surface area contributed by atoms with E-state index in [1.54, 1.807) is 18.2 Å². The van der Waals surface area contributed by atoms with Crippen LogP contribution in [0.3, 0.4) is 0 Å². The number of unbranched alkanes of at least 4 members (excludes halogenated alkanes) is 2. The van der Waals surface area contributed by atoms with Crippen LogP contribution < -0.4 is 9.57 Å². The molecule has 0 bridgehead atoms. The molecular formula is C15H21NO5. The molecule has 116 valence electrons. The molecule has 1 rings (SSSR count). The molecule has 1 amide bonds. The van der Waals surface area contributed by atoms with Crippen LogP contribution in [0.5, 0.6) is 11.5 Å². The van der Waals surface area contributed by atoms with Crippen LogP contribution in [-0.2, 0) is 9.59 Å². The Morgan fingerprint density at radius 3 is 2.38 bits per heavy atom. The molecule has 21 heavy (non-hydrogen) atoms. The largest absolute Gasteiger partial charge is 0.493 e. The van der Waals surface area contributed by atoms with Crippen LogP contribution in [0.1, 0.15) is 32.6 Å². The van der Waals surface area contributed by atoms with E-state index in [0.29, 0.717) is 30.9 Å². The van der Waals surface area contributed by atoms with E-state index < -0.39 is 5.97 Å². The van der Waals surface area contributed by atoms with Gasteiger partial charge in [-0.05, 0) is 25.0 Å². The number of aliphatic carboxylic acids is 1. The Hall–Kier alpha value is -2.24. The van der Waals surface area contributed by atoms with Gasteiger partial charge in [0, 0.05) is 13.3 Å². The molecule has 0 aliphatic rings. The van der Waals surface area contributed by atoms with Crippen LogP contribution in [0.4, 0.5) is 0 Å². The number of carboxylic acids is 1. The number of amides is 1. The number of hydroxylamine groups is 2. The first kappa shape index (κ1) is 16.8. The molecule has 0 atom stereocenters. The molecule has 0 saturated heterocycles. The second-order valence-corrected chi connectivity index (χ2v) is 4.57.